The Morgan fingerprint density at radius 1 is 1.26 bits per heavy atom. The van der Waals surface area contributed by atoms with E-state index in [9.17, 15) is 9.90 Å². The van der Waals surface area contributed by atoms with E-state index in [0.717, 1.165) is 5.56 Å². The summed E-state index contributed by atoms with van der Waals surface area (Å²) in [6, 6.07) is 9.80. The molecule has 0 amide bonds. The molecule has 1 saturated carbocycles. The van der Waals surface area contributed by atoms with Crippen LogP contribution >= 0.6 is 0 Å². The SMILES string of the molecule is O=C(O)C1CCC(O)(COCc2ccccc2)CC1. The number of hydrogen-bond donors (Lipinski definition) is 2. The summed E-state index contributed by atoms with van der Waals surface area (Å²) in [4.78, 5) is 10.9. The van der Waals surface area contributed by atoms with Crippen LogP contribution in [0.25, 0.3) is 0 Å². The Morgan fingerprint density at radius 2 is 1.89 bits per heavy atom. The summed E-state index contributed by atoms with van der Waals surface area (Å²) in [7, 11) is 0. The van der Waals surface area contributed by atoms with E-state index in [-0.39, 0.29) is 12.5 Å². The maximum absolute atomic E-state index is 10.9. The van der Waals surface area contributed by atoms with Crippen LogP contribution in [0.3, 0.4) is 0 Å². The molecule has 0 saturated heterocycles. The number of aliphatic carboxylic acids is 1. The lowest BCUT2D eigenvalue weighted by Gasteiger charge is -2.34. The third-order valence-electron chi connectivity index (χ3n) is 3.75. The number of ether oxygens (including phenoxy) is 1. The fraction of sp³-hybridized carbons (Fsp3) is 0.533. The summed E-state index contributed by atoms with van der Waals surface area (Å²) in [5.74, 6) is -1.07. The Morgan fingerprint density at radius 3 is 2.47 bits per heavy atom. The van der Waals surface area contributed by atoms with Crippen LogP contribution in [-0.2, 0) is 16.1 Å². The third-order valence-corrected chi connectivity index (χ3v) is 3.75. The number of carboxylic acids is 1. The summed E-state index contributed by atoms with van der Waals surface area (Å²) < 4.78 is 5.56. The van der Waals surface area contributed by atoms with E-state index < -0.39 is 11.6 Å². The number of hydrogen-bond acceptors (Lipinski definition) is 3. The minimum atomic E-state index is -0.860. The first-order valence-corrected chi connectivity index (χ1v) is 6.66. The van der Waals surface area contributed by atoms with E-state index in [1.54, 1.807) is 0 Å². The van der Waals surface area contributed by atoms with Crippen LogP contribution in [0.1, 0.15) is 31.2 Å². The zero-order valence-electron chi connectivity index (χ0n) is 10.9. The number of aliphatic hydroxyl groups is 1. The second-order valence-electron chi connectivity index (χ2n) is 5.32. The van der Waals surface area contributed by atoms with Gasteiger partial charge < -0.3 is 14.9 Å². The molecule has 4 heteroatoms. The van der Waals surface area contributed by atoms with Gasteiger partial charge in [-0.2, -0.15) is 0 Å². The number of rotatable bonds is 5. The summed E-state index contributed by atoms with van der Waals surface area (Å²) in [5, 5.41) is 19.3. The van der Waals surface area contributed by atoms with Gasteiger partial charge in [-0.25, -0.2) is 0 Å². The Labute approximate surface area is 113 Å². The van der Waals surface area contributed by atoms with E-state index in [4.69, 9.17) is 9.84 Å². The van der Waals surface area contributed by atoms with Crippen molar-refractivity contribution in [3.05, 3.63) is 35.9 Å². The summed E-state index contributed by atoms with van der Waals surface area (Å²) >= 11 is 0. The molecule has 0 aliphatic heterocycles. The number of benzene rings is 1. The lowest BCUT2D eigenvalue weighted by molar-refractivity contribution is -0.146. The molecule has 0 spiro atoms. The fourth-order valence-electron chi connectivity index (χ4n) is 2.48. The van der Waals surface area contributed by atoms with Crippen LogP contribution in [0.15, 0.2) is 30.3 Å². The first-order chi connectivity index (χ1) is 9.09. The van der Waals surface area contributed by atoms with Crippen molar-refractivity contribution in [1.29, 1.82) is 0 Å². The van der Waals surface area contributed by atoms with Gasteiger partial charge in [0.25, 0.3) is 0 Å². The second-order valence-corrected chi connectivity index (χ2v) is 5.32. The van der Waals surface area contributed by atoms with Crippen molar-refractivity contribution in [1.82, 2.24) is 0 Å². The van der Waals surface area contributed by atoms with Gasteiger partial charge >= 0.3 is 5.97 Å². The third kappa shape index (κ3) is 4.04. The van der Waals surface area contributed by atoms with Crippen LogP contribution in [0.4, 0.5) is 0 Å². The molecule has 0 aromatic heterocycles. The molecular formula is C15H20O4. The number of carbonyl (C=O) groups is 1. The molecule has 0 heterocycles. The van der Waals surface area contributed by atoms with Gasteiger partial charge in [-0.3, -0.25) is 4.79 Å². The first kappa shape index (κ1) is 14.0. The molecule has 1 aromatic rings. The summed E-state index contributed by atoms with van der Waals surface area (Å²) in [5.41, 5.74) is 0.214. The molecule has 0 atom stereocenters. The minimum absolute atomic E-state index is 0.272. The first-order valence-electron chi connectivity index (χ1n) is 6.66. The van der Waals surface area contributed by atoms with Crippen molar-refractivity contribution < 1.29 is 19.7 Å². The van der Waals surface area contributed by atoms with Gasteiger partial charge in [0.1, 0.15) is 0 Å². The molecule has 0 bridgehead atoms. The van der Waals surface area contributed by atoms with E-state index in [0.29, 0.717) is 32.3 Å². The highest BCUT2D eigenvalue weighted by atomic mass is 16.5. The van der Waals surface area contributed by atoms with Gasteiger partial charge in [0.15, 0.2) is 0 Å². The average Bonchev–Trinajstić information content (AvgIpc) is 2.40. The van der Waals surface area contributed by atoms with E-state index in [1.807, 2.05) is 30.3 Å². The molecule has 104 valence electrons. The standard InChI is InChI=1S/C15H20O4/c16-14(17)13-6-8-15(18,9-7-13)11-19-10-12-4-2-1-3-5-12/h1-5,13,18H,6-11H2,(H,16,17). The molecule has 1 aromatic carbocycles. The van der Waals surface area contributed by atoms with Crippen molar-refractivity contribution in [2.75, 3.05) is 6.61 Å². The van der Waals surface area contributed by atoms with Gasteiger partial charge in [0, 0.05) is 0 Å². The molecule has 0 radical (unpaired) electrons. The zero-order chi connectivity index (χ0) is 13.7. The Balaban J connectivity index is 1.75. The molecule has 1 aliphatic rings. The topological polar surface area (TPSA) is 66.8 Å². The van der Waals surface area contributed by atoms with E-state index in [2.05, 4.69) is 0 Å². The second kappa shape index (κ2) is 6.17. The van der Waals surface area contributed by atoms with Crippen molar-refractivity contribution >= 4 is 5.97 Å². The predicted molar refractivity (Wildman–Crippen MR) is 70.6 cm³/mol. The molecule has 4 nitrogen and oxygen atoms in total. The summed E-state index contributed by atoms with van der Waals surface area (Å²) in [6.07, 6.45) is 2.05. The van der Waals surface area contributed by atoms with E-state index in [1.165, 1.54) is 0 Å². The van der Waals surface area contributed by atoms with Crippen LogP contribution < -0.4 is 0 Å². The molecule has 19 heavy (non-hydrogen) atoms. The Bertz CT molecular complexity index is 407. The van der Waals surface area contributed by atoms with Gasteiger partial charge in [-0.15, -0.1) is 0 Å². The van der Waals surface area contributed by atoms with Gasteiger partial charge in [0.05, 0.1) is 24.7 Å². The highest BCUT2D eigenvalue weighted by Gasteiger charge is 2.35. The van der Waals surface area contributed by atoms with Crippen LogP contribution in [0.5, 0.6) is 0 Å². The van der Waals surface area contributed by atoms with Crippen LogP contribution in [0.2, 0.25) is 0 Å². The van der Waals surface area contributed by atoms with Crippen molar-refractivity contribution in [3.63, 3.8) is 0 Å². The maximum atomic E-state index is 10.9. The van der Waals surface area contributed by atoms with Crippen LogP contribution in [0, 0.1) is 5.92 Å². The normalized spacial score (nSPS) is 27.1. The molecular weight excluding hydrogens is 244 g/mol. The number of carboxylic acid groups (broad SMARTS) is 1. The molecule has 0 unspecified atom stereocenters. The highest BCUT2D eigenvalue weighted by molar-refractivity contribution is 5.70. The van der Waals surface area contributed by atoms with Crippen molar-refractivity contribution in [3.8, 4) is 0 Å². The molecule has 2 N–H and O–H groups in total. The highest BCUT2D eigenvalue weighted by Crippen LogP contribution is 2.32. The average molecular weight is 264 g/mol. The molecule has 1 aliphatic carbocycles. The smallest absolute Gasteiger partial charge is 0.306 e. The van der Waals surface area contributed by atoms with Gasteiger partial charge in [-0.05, 0) is 31.2 Å². The lowest BCUT2D eigenvalue weighted by atomic mass is 9.79. The monoisotopic (exact) mass is 264 g/mol. The Hall–Kier alpha value is -1.39. The molecule has 2 rings (SSSR count). The summed E-state index contributed by atoms with van der Waals surface area (Å²) in [6.45, 7) is 0.750. The van der Waals surface area contributed by atoms with Gasteiger partial charge in [0.2, 0.25) is 0 Å². The maximum Gasteiger partial charge on any atom is 0.306 e. The molecule has 1 fully saturated rings. The predicted octanol–water partition coefficient (Wildman–Crippen LogP) is 2.21. The fourth-order valence-corrected chi connectivity index (χ4v) is 2.48. The zero-order valence-corrected chi connectivity index (χ0v) is 10.9. The minimum Gasteiger partial charge on any atom is -0.481 e. The van der Waals surface area contributed by atoms with Gasteiger partial charge in [-0.1, -0.05) is 30.3 Å². The Kier molecular flexibility index (Phi) is 4.56. The van der Waals surface area contributed by atoms with E-state index >= 15 is 0 Å². The largest absolute Gasteiger partial charge is 0.481 e. The van der Waals surface area contributed by atoms with Crippen molar-refractivity contribution in [2.45, 2.75) is 37.9 Å². The van der Waals surface area contributed by atoms with Crippen molar-refractivity contribution in [2.24, 2.45) is 5.92 Å². The lowest BCUT2D eigenvalue weighted by Crippen LogP contribution is -2.40. The van der Waals surface area contributed by atoms with Crippen LogP contribution in [-0.4, -0.2) is 28.4 Å². The quantitative estimate of drug-likeness (QED) is 0.855.